The Kier molecular flexibility index (Phi) is 5.85. The molecule has 2 aliphatic rings. The predicted octanol–water partition coefficient (Wildman–Crippen LogP) is 0.601. The summed E-state index contributed by atoms with van der Waals surface area (Å²) in [6.07, 6.45) is 1.98. The van der Waals surface area contributed by atoms with Gasteiger partial charge in [0.2, 0.25) is 15.9 Å². The minimum absolute atomic E-state index is 0.0980. The first kappa shape index (κ1) is 17.7. The van der Waals surface area contributed by atoms with Crippen LogP contribution in [-0.2, 0) is 14.8 Å². The second-order valence-corrected chi connectivity index (χ2v) is 9.04. The van der Waals surface area contributed by atoms with E-state index in [4.69, 9.17) is 0 Å². The van der Waals surface area contributed by atoms with Crippen molar-refractivity contribution in [3.63, 3.8) is 0 Å². The second kappa shape index (κ2) is 7.27. The summed E-state index contributed by atoms with van der Waals surface area (Å²) in [4.78, 5) is 16.8. The largest absolute Gasteiger partial charge is 0.337 e. The summed E-state index contributed by atoms with van der Waals surface area (Å²) in [5, 5.41) is 0. The van der Waals surface area contributed by atoms with Gasteiger partial charge in [-0.2, -0.15) is 0 Å². The van der Waals surface area contributed by atoms with Gasteiger partial charge in [-0.05, 0) is 25.8 Å². The highest BCUT2D eigenvalue weighted by Gasteiger charge is 2.32. The molecule has 2 rings (SSSR count). The highest BCUT2D eigenvalue weighted by molar-refractivity contribution is 7.89. The molecule has 0 bridgehead atoms. The molecule has 0 radical (unpaired) electrons. The SMILES string of the molecule is CC(C)CC1CN(C)CCN1C(=O)CCN1CCCS1(=O)=O. The van der Waals surface area contributed by atoms with Gasteiger partial charge in [-0.15, -0.1) is 0 Å². The van der Waals surface area contributed by atoms with Gasteiger partial charge in [0.15, 0.2) is 0 Å². The van der Waals surface area contributed by atoms with Crippen molar-refractivity contribution >= 4 is 15.9 Å². The second-order valence-electron chi connectivity index (χ2n) is 6.95. The Morgan fingerprint density at radius 1 is 1.23 bits per heavy atom. The molecule has 128 valence electrons. The van der Waals surface area contributed by atoms with Gasteiger partial charge < -0.3 is 9.80 Å². The molecule has 2 aliphatic heterocycles. The number of carbonyl (C=O) groups excluding carboxylic acids is 1. The molecule has 6 nitrogen and oxygen atoms in total. The Balaban J connectivity index is 1.92. The van der Waals surface area contributed by atoms with Crippen molar-refractivity contribution in [2.45, 2.75) is 39.2 Å². The molecule has 1 unspecified atom stereocenters. The van der Waals surface area contributed by atoms with Crippen molar-refractivity contribution < 1.29 is 13.2 Å². The molecule has 0 N–H and O–H groups in total. The number of likely N-dealkylation sites (N-methyl/N-ethyl adjacent to an activating group) is 1. The molecule has 0 spiro atoms. The van der Waals surface area contributed by atoms with E-state index in [1.54, 1.807) is 0 Å². The average Bonchev–Trinajstić information content (AvgIpc) is 2.74. The fourth-order valence-corrected chi connectivity index (χ4v) is 4.92. The minimum Gasteiger partial charge on any atom is -0.337 e. The van der Waals surface area contributed by atoms with Crippen LogP contribution in [0.15, 0.2) is 0 Å². The number of sulfonamides is 1. The first-order valence-electron chi connectivity index (χ1n) is 8.25. The summed E-state index contributed by atoms with van der Waals surface area (Å²) in [6, 6.07) is 0.251. The summed E-state index contributed by atoms with van der Waals surface area (Å²) in [5.41, 5.74) is 0. The van der Waals surface area contributed by atoms with Crippen molar-refractivity contribution in [3.05, 3.63) is 0 Å². The zero-order valence-electron chi connectivity index (χ0n) is 14.0. The topological polar surface area (TPSA) is 60.9 Å². The first-order chi connectivity index (χ1) is 10.3. The summed E-state index contributed by atoms with van der Waals surface area (Å²) < 4.78 is 25.1. The Bertz CT molecular complexity index is 490. The number of nitrogens with zero attached hydrogens (tertiary/aromatic N) is 3. The van der Waals surface area contributed by atoms with E-state index in [0.29, 0.717) is 31.8 Å². The third-order valence-corrected chi connectivity index (χ3v) is 6.48. The molecule has 2 fully saturated rings. The van der Waals surface area contributed by atoms with Crippen LogP contribution in [0.1, 0.15) is 33.1 Å². The molecule has 2 saturated heterocycles. The van der Waals surface area contributed by atoms with Crippen LogP contribution in [0.4, 0.5) is 0 Å². The molecular formula is C15H29N3O3S. The van der Waals surface area contributed by atoms with E-state index in [9.17, 15) is 13.2 Å². The molecule has 0 aliphatic carbocycles. The zero-order valence-corrected chi connectivity index (χ0v) is 14.8. The lowest BCUT2D eigenvalue weighted by Crippen LogP contribution is -2.54. The van der Waals surface area contributed by atoms with E-state index in [1.807, 2.05) is 4.90 Å². The number of hydrogen-bond acceptors (Lipinski definition) is 4. The molecule has 0 aromatic rings. The average molecular weight is 331 g/mol. The van der Waals surface area contributed by atoms with E-state index < -0.39 is 10.0 Å². The molecule has 0 aromatic carbocycles. The molecular weight excluding hydrogens is 302 g/mol. The van der Waals surface area contributed by atoms with Gasteiger partial charge in [0.25, 0.3) is 0 Å². The van der Waals surface area contributed by atoms with Crippen LogP contribution in [0, 0.1) is 5.92 Å². The van der Waals surface area contributed by atoms with Crippen molar-refractivity contribution in [1.29, 1.82) is 0 Å². The lowest BCUT2D eigenvalue weighted by atomic mass is 10.00. The molecule has 22 heavy (non-hydrogen) atoms. The van der Waals surface area contributed by atoms with Crippen LogP contribution < -0.4 is 0 Å². The zero-order chi connectivity index (χ0) is 16.3. The van der Waals surface area contributed by atoms with Gasteiger partial charge in [0, 0.05) is 45.2 Å². The highest BCUT2D eigenvalue weighted by Crippen LogP contribution is 2.19. The smallest absolute Gasteiger partial charge is 0.224 e. The number of carbonyl (C=O) groups is 1. The van der Waals surface area contributed by atoms with Crippen LogP contribution in [0.3, 0.4) is 0 Å². The monoisotopic (exact) mass is 331 g/mol. The van der Waals surface area contributed by atoms with Crippen molar-refractivity contribution in [2.24, 2.45) is 5.92 Å². The number of rotatable bonds is 5. The van der Waals surface area contributed by atoms with Crippen molar-refractivity contribution in [3.8, 4) is 0 Å². The van der Waals surface area contributed by atoms with E-state index in [-0.39, 0.29) is 17.7 Å². The van der Waals surface area contributed by atoms with Crippen molar-refractivity contribution in [2.75, 3.05) is 45.5 Å². The third kappa shape index (κ3) is 4.43. The lowest BCUT2D eigenvalue weighted by Gasteiger charge is -2.41. The van der Waals surface area contributed by atoms with E-state index in [0.717, 1.165) is 26.1 Å². The normalized spacial score (nSPS) is 26.7. The molecule has 0 saturated carbocycles. The standard InChI is InChI=1S/C15H29N3O3S/c1-13(2)11-14-12-16(3)8-9-18(14)15(19)5-7-17-6-4-10-22(17,20)21/h13-14H,4-12H2,1-3H3. The quantitative estimate of drug-likeness (QED) is 0.740. The first-order valence-corrected chi connectivity index (χ1v) is 9.86. The number of amides is 1. The van der Waals surface area contributed by atoms with Crippen LogP contribution >= 0.6 is 0 Å². The van der Waals surface area contributed by atoms with Gasteiger partial charge in [-0.3, -0.25) is 4.79 Å². The maximum Gasteiger partial charge on any atom is 0.224 e. The molecule has 2 heterocycles. The Morgan fingerprint density at radius 2 is 1.95 bits per heavy atom. The summed E-state index contributed by atoms with van der Waals surface area (Å²) >= 11 is 0. The Morgan fingerprint density at radius 3 is 2.55 bits per heavy atom. The summed E-state index contributed by atoms with van der Waals surface area (Å²) in [5.74, 6) is 0.873. The van der Waals surface area contributed by atoms with Crippen LogP contribution in [0.2, 0.25) is 0 Å². The van der Waals surface area contributed by atoms with Crippen molar-refractivity contribution in [1.82, 2.24) is 14.1 Å². The lowest BCUT2D eigenvalue weighted by molar-refractivity contribution is -0.136. The highest BCUT2D eigenvalue weighted by atomic mass is 32.2. The Hall–Kier alpha value is -0.660. The van der Waals surface area contributed by atoms with Crippen LogP contribution in [0.25, 0.3) is 0 Å². The van der Waals surface area contributed by atoms with Gasteiger partial charge in [0.1, 0.15) is 0 Å². The van der Waals surface area contributed by atoms with Crippen LogP contribution in [-0.4, -0.2) is 80.0 Å². The minimum atomic E-state index is -3.10. The van der Waals surface area contributed by atoms with E-state index >= 15 is 0 Å². The van der Waals surface area contributed by atoms with E-state index in [1.165, 1.54) is 4.31 Å². The number of piperazine rings is 1. The number of hydrogen-bond donors (Lipinski definition) is 0. The molecule has 7 heteroatoms. The van der Waals surface area contributed by atoms with Crippen LogP contribution in [0.5, 0.6) is 0 Å². The molecule has 1 amide bonds. The fourth-order valence-electron chi connectivity index (χ4n) is 3.39. The maximum absolute atomic E-state index is 12.6. The van der Waals surface area contributed by atoms with Gasteiger partial charge >= 0.3 is 0 Å². The van der Waals surface area contributed by atoms with E-state index in [2.05, 4.69) is 25.8 Å². The maximum atomic E-state index is 12.6. The third-order valence-electron chi connectivity index (χ3n) is 4.53. The predicted molar refractivity (Wildman–Crippen MR) is 87.0 cm³/mol. The Labute approximate surface area is 134 Å². The molecule has 1 atom stereocenters. The molecule has 0 aromatic heterocycles. The van der Waals surface area contributed by atoms with Gasteiger partial charge in [0.05, 0.1) is 5.75 Å². The van der Waals surface area contributed by atoms with Gasteiger partial charge in [-0.1, -0.05) is 13.8 Å². The summed E-state index contributed by atoms with van der Waals surface area (Å²) in [7, 11) is -1.01. The summed E-state index contributed by atoms with van der Waals surface area (Å²) in [6.45, 7) is 7.80. The van der Waals surface area contributed by atoms with Gasteiger partial charge in [-0.25, -0.2) is 12.7 Å². The fraction of sp³-hybridized carbons (Fsp3) is 0.933.